The molecule has 0 saturated heterocycles. The van der Waals surface area contributed by atoms with Crippen LogP contribution in [-0.2, 0) is 0 Å². The summed E-state index contributed by atoms with van der Waals surface area (Å²) in [5.74, 6) is -1.84. The predicted molar refractivity (Wildman–Crippen MR) is 62.0 cm³/mol. The molecule has 1 heterocycles. The van der Waals surface area contributed by atoms with Crippen LogP contribution in [0, 0.1) is 18.6 Å². The molecule has 0 radical (unpaired) electrons. The summed E-state index contributed by atoms with van der Waals surface area (Å²) in [6.07, 6.45) is 0. The minimum atomic E-state index is -0.873. The smallest absolute Gasteiger partial charge is 0.281 e. The van der Waals surface area contributed by atoms with Crippen LogP contribution in [0.25, 0.3) is 0 Å². The SMILES string of the molecule is Cc1nnc(Sc2c(F)cc(C(N)=NO)cc2F)o1. The highest BCUT2D eigenvalue weighted by atomic mass is 32.2. The molecule has 9 heteroatoms. The summed E-state index contributed by atoms with van der Waals surface area (Å²) in [4.78, 5) is -0.307. The van der Waals surface area contributed by atoms with Crippen LogP contribution in [-0.4, -0.2) is 21.2 Å². The molecular weight excluding hydrogens is 278 g/mol. The first-order chi connectivity index (χ1) is 9.01. The molecule has 0 aliphatic carbocycles. The van der Waals surface area contributed by atoms with Gasteiger partial charge in [0.25, 0.3) is 5.22 Å². The Kier molecular flexibility index (Phi) is 3.65. The van der Waals surface area contributed by atoms with Crippen LogP contribution in [0.4, 0.5) is 8.78 Å². The Morgan fingerprint density at radius 3 is 2.47 bits per heavy atom. The monoisotopic (exact) mass is 286 g/mol. The molecule has 0 aliphatic rings. The molecule has 0 bridgehead atoms. The summed E-state index contributed by atoms with van der Waals surface area (Å²) in [7, 11) is 0. The van der Waals surface area contributed by atoms with E-state index < -0.39 is 11.6 Å². The van der Waals surface area contributed by atoms with Crippen molar-refractivity contribution in [3.8, 4) is 0 Å². The number of aryl methyl sites for hydroxylation is 1. The number of benzene rings is 1. The minimum Gasteiger partial charge on any atom is -0.416 e. The van der Waals surface area contributed by atoms with Crippen molar-refractivity contribution in [3.63, 3.8) is 0 Å². The Labute approximate surface area is 110 Å². The number of halogens is 2. The van der Waals surface area contributed by atoms with Gasteiger partial charge < -0.3 is 15.4 Å². The second kappa shape index (κ2) is 5.22. The zero-order valence-electron chi connectivity index (χ0n) is 9.59. The molecule has 2 aromatic rings. The molecule has 0 atom stereocenters. The van der Waals surface area contributed by atoms with Gasteiger partial charge in [0, 0.05) is 12.5 Å². The Hall–Kier alpha value is -2.16. The lowest BCUT2D eigenvalue weighted by molar-refractivity contribution is 0.318. The van der Waals surface area contributed by atoms with Crippen LogP contribution < -0.4 is 5.73 Å². The first kappa shape index (κ1) is 13.3. The largest absolute Gasteiger partial charge is 0.416 e. The highest BCUT2D eigenvalue weighted by molar-refractivity contribution is 7.99. The van der Waals surface area contributed by atoms with Crippen LogP contribution >= 0.6 is 11.8 Å². The summed E-state index contributed by atoms with van der Waals surface area (Å²) >= 11 is 0.656. The van der Waals surface area contributed by atoms with Gasteiger partial charge in [-0.3, -0.25) is 0 Å². The van der Waals surface area contributed by atoms with Crippen molar-refractivity contribution >= 4 is 17.6 Å². The number of hydrogen-bond acceptors (Lipinski definition) is 6. The van der Waals surface area contributed by atoms with E-state index in [1.54, 1.807) is 6.92 Å². The van der Waals surface area contributed by atoms with E-state index in [1.807, 2.05) is 0 Å². The molecule has 0 aliphatic heterocycles. The van der Waals surface area contributed by atoms with Crippen molar-refractivity contribution in [1.82, 2.24) is 10.2 Å². The average Bonchev–Trinajstić information content (AvgIpc) is 2.78. The highest BCUT2D eigenvalue weighted by Gasteiger charge is 2.17. The third kappa shape index (κ3) is 2.81. The van der Waals surface area contributed by atoms with Gasteiger partial charge in [-0.05, 0) is 23.9 Å². The predicted octanol–water partition coefficient (Wildman–Crippen LogP) is 1.90. The van der Waals surface area contributed by atoms with E-state index in [2.05, 4.69) is 15.4 Å². The van der Waals surface area contributed by atoms with E-state index >= 15 is 0 Å². The fourth-order valence-corrected chi connectivity index (χ4v) is 2.00. The zero-order chi connectivity index (χ0) is 14.0. The maximum atomic E-state index is 13.8. The molecule has 0 amide bonds. The molecule has 3 N–H and O–H groups in total. The molecule has 0 spiro atoms. The van der Waals surface area contributed by atoms with Crippen molar-refractivity contribution in [1.29, 1.82) is 0 Å². The van der Waals surface area contributed by atoms with E-state index in [0.717, 1.165) is 12.1 Å². The lowest BCUT2D eigenvalue weighted by Crippen LogP contribution is -2.14. The summed E-state index contributed by atoms with van der Waals surface area (Å²) in [6, 6.07) is 1.90. The molecule has 0 saturated carbocycles. The molecule has 6 nitrogen and oxygen atoms in total. The van der Waals surface area contributed by atoms with E-state index in [-0.39, 0.29) is 27.4 Å². The average molecular weight is 286 g/mol. The van der Waals surface area contributed by atoms with Crippen molar-refractivity contribution in [3.05, 3.63) is 35.2 Å². The Balaban J connectivity index is 2.37. The molecule has 1 aromatic heterocycles. The van der Waals surface area contributed by atoms with Gasteiger partial charge in [-0.15, -0.1) is 10.2 Å². The number of rotatable bonds is 3. The Morgan fingerprint density at radius 2 is 2.00 bits per heavy atom. The number of nitrogens with two attached hydrogens (primary N) is 1. The summed E-state index contributed by atoms with van der Waals surface area (Å²) in [6.45, 7) is 1.56. The summed E-state index contributed by atoms with van der Waals surface area (Å²) < 4.78 is 32.5. The van der Waals surface area contributed by atoms with Crippen LogP contribution in [0.2, 0.25) is 0 Å². The summed E-state index contributed by atoms with van der Waals surface area (Å²) in [5, 5.41) is 18.3. The molecule has 1 aromatic carbocycles. The van der Waals surface area contributed by atoms with Gasteiger partial charge in [0.2, 0.25) is 5.89 Å². The summed E-state index contributed by atoms with van der Waals surface area (Å²) in [5.41, 5.74) is 5.19. The van der Waals surface area contributed by atoms with Gasteiger partial charge in [0.05, 0.1) is 4.90 Å². The fourth-order valence-electron chi connectivity index (χ4n) is 1.27. The van der Waals surface area contributed by atoms with Crippen molar-refractivity contribution in [2.24, 2.45) is 10.9 Å². The molecular formula is C10H8F2N4O2S. The minimum absolute atomic E-state index is 0.0202. The van der Waals surface area contributed by atoms with Gasteiger partial charge in [0.15, 0.2) is 5.84 Å². The van der Waals surface area contributed by atoms with Gasteiger partial charge in [-0.1, -0.05) is 5.16 Å². The maximum Gasteiger partial charge on any atom is 0.281 e. The van der Waals surface area contributed by atoms with Crippen molar-refractivity contribution < 1.29 is 18.4 Å². The molecule has 19 heavy (non-hydrogen) atoms. The lowest BCUT2D eigenvalue weighted by Gasteiger charge is -2.04. The maximum absolute atomic E-state index is 13.8. The number of oxime groups is 1. The Morgan fingerprint density at radius 1 is 1.37 bits per heavy atom. The van der Waals surface area contributed by atoms with Gasteiger partial charge in [-0.2, -0.15) is 0 Å². The lowest BCUT2D eigenvalue weighted by atomic mass is 10.2. The van der Waals surface area contributed by atoms with Crippen LogP contribution in [0.15, 0.2) is 31.8 Å². The second-order valence-electron chi connectivity index (χ2n) is 3.44. The van der Waals surface area contributed by atoms with Crippen LogP contribution in [0.1, 0.15) is 11.5 Å². The third-order valence-electron chi connectivity index (χ3n) is 2.10. The van der Waals surface area contributed by atoms with Gasteiger partial charge in [-0.25, -0.2) is 8.78 Å². The third-order valence-corrected chi connectivity index (χ3v) is 3.03. The van der Waals surface area contributed by atoms with E-state index in [9.17, 15) is 8.78 Å². The van der Waals surface area contributed by atoms with Gasteiger partial charge in [0.1, 0.15) is 11.6 Å². The number of hydrogen-bond donors (Lipinski definition) is 2. The Bertz CT molecular complexity index is 621. The molecule has 2 rings (SSSR count). The van der Waals surface area contributed by atoms with E-state index in [1.165, 1.54) is 0 Å². The second-order valence-corrected chi connectivity index (χ2v) is 4.40. The fraction of sp³-hybridized carbons (Fsp3) is 0.100. The van der Waals surface area contributed by atoms with Crippen LogP contribution in [0.5, 0.6) is 0 Å². The van der Waals surface area contributed by atoms with E-state index in [4.69, 9.17) is 15.4 Å². The van der Waals surface area contributed by atoms with Gasteiger partial charge >= 0.3 is 0 Å². The topological polar surface area (TPSA) is 97.5 Å². The standard InChI is InChI=1S/C10H8F2N4O2S/c1-4-14-15-10(18-4)19-8-6(11)2-5(3-7(8)12)9(13)16-17/h2-3,17H,1H3,(H2,13,16). The number of nitrogens with zero attached hydrogens (tertiary/aromatic N) is 3. The molecule has 0 fully saturated rings. The molecule has 100 valence electrons. The normalized spacial score (nSPS) is 11.8. The van der Waals surface area contributed by atoms with E-state index in [0.29, 0.717) is 11.8 Å². The quantitative estimate of drug-likeness (QED) is 0.387. The van der Waals surface area contributed by atoms with Crippen LogP contribution in [0.3, 0.4) is 0 Å². The highest BCUT2D eigenvalue weighted by Crippen LogP contribution is 2.31. The zero-order valence-corrected chi connectivity index (χ0v) is 10.4. The van der Waals surface area contributed by atoms with Crippen molar-refractivity contribution in [2.45, 2.75) is 17.0 Å². The first-order valence-corrected chi connectivity index (χ1v) is 5.78. The number of amidine groups is 1. The number of aromatic nitrogens is 2. The molecule has 0 unspecified atom stereocenters. The van der Waals surface area contributed by atoms with Crippen molar-refractivity contribution in [2.75, 3.05) is 0 Å². The first-order valence-electron chi connectivity index (χ1n) is 4.96.